The number of fused-ring (bicyclic) bond motifs is 1. The van der Waals surface area contributed by atoms with Gasteiger partial charge in [-0.15, -0.1) is 0 Å². The maximum atomic E-state index is 12.1. The first-order valence-corrected chi connectivity index (χ1v) is 6.83. The van der Waals surface area contributed by atoms with Crippen molar-refractivity contribution in [2.45, 2.75) is 6.42 Å². The number of carbonyl (C=O) groups is 3. The fourth-order valence-electron chi connectivity index (χ4n) is 2.03. The summed E-state index contributed by atoms with van der Waals surface area (Å²) in [5.41, 5.74) is 1.60. The third-order valence-electron chi connectivity index (χ3n) is 2.98. The van der Waals surface area contributed by atoms with Gasteiger partial charge in [-0.1, -0.05) is 30.0 Å². The Kier molecular flexibility index (Phi) is 3.15. The molecule has 1 amide bonds. The topological polar surface area (TPSA) is 79.0 Å². The molecule has 100 valence electrons. The van der Waals surface area contributed by atoms with Crippen LogP contribution in [0.3, 0.4) is 0 Å². The summed E-state index contributed by atoms with van der Waals surface area (Å²) in [5, 5.41) is 4.70. The van der Waals surface area contributed by atoms with Gasteiger partial charge in [0.2, 0.25) is 0 Å². The molecule has 0 fully saturated rings. The Morgan fingerprint density at radius 1 is 1.25 bits per heavy atom. The number of carbonyl (C=O) groups excluding carboxylic acids is 3. The molecule has 1 aliphatic heterocycles. The second-order valence-corrected chi connectivity index (χ2v) is 5.27. The van der Waals surface area contributed by atoms with Crippen LogP contribution in [0.5, 0.6) is 0 Å². The van der Waals surface area contributed by atoms with E-state index in [1.54, 1.807) is 17.5 Å². The van der Waals surface area contributed by atoms with Crippen LogP contribution in [0.2, 0.25) is 0 Å². The molecule has 0 radical (unpaired) electrons. The van der Waals surface area contributed by atoms with Crippen molar-refractivity contribution < 1.29 is 14.4 Å². The third kappa shape index (κ3) is 2.25. The first kappa shape index (κ1) is 12.7. The number of benzene rings is 1. The number of nitrogens with one attached hydrogen (secondary N) is 2. The lowest BCUT2D eigenvalue weighted by molar-refractivity contribution is -0.116. The normalized spacial score (nSPS) is 14.4. The van der Waals surface area contributed by atoms with E-state index in [9.17, 15) is 14.4 Å². The van der Waals surface area contributed by atoms with Crippen LogP contribution in [-0.4, -0.2) is 21.8 Å². The van der Waals surface area contributed by atoms with Crippen molar-refractivity contribution in [1.29, 1.82) is 0 Å². The van der Waals surface area contributed by atoms with Gasteiger partial charge in [-0.25, -0.2) is 0 Å². The number of thioether (sulfide) groups is 1. The Balaban J connectivity index is 1.82. The van der Waals surface area contributed by atoms with Gasteiger partial charge in [0.05, 0.1) is 12.0 Å². The Bertz CT molecular complexity index is 761. The predicted octanol–water partition coefficient (Wildman–Crippen LogP) is 1.97. The number of amides is 1. The number of hydrogen-bond donors (Lipinski definition) is 2. The summed E-state index contributed by atoms with van der Waals surface area (Å²) in [7, 11) is 0. The van der Waals surface area contributed by atoms with Gasteiger partial charge in [0.15, 0.2) is 5.12 Å². The Labute approximate surface area is 118 Å². The summed E-state index contributed by atoms with van der Waals surface area (Å²) in [4.78, 5) is 38.1. The van der Waals surface area contributed by atoms with Crippen LogP contribution >= 0.6 is 11.8 Å². The highest BCUT2D eigenvalue weighted by Crippen LogP contribution is 2.22. The van der Waals surface area contributed by atoms with E-state index in [4.69, 9.17) is 0 Å². The molecular weight excluding hydrogens is 276 g/mol. The van der Waals surface area contributed by atoms with Crippen LogP contribution in [-0.2, 0) is 9.59 Å². The number of allylic oxidation sites excluding steroid dienone is 1. The van der Waals surface area contributed by atoms with Crippen LogP contribution in [0.25, 0.3) is 10.9 Å². The smallest absolute Gasteiger partial charge is 0.296 e. The van der Waals surface area contributed by atoms with E-state index in [0.717, 1.165) is 17.3 Å². The van der Waals surface area contributed by atoms with Gasteiger partial charge in [0, 0.05) is 22.8 Å². The summed E-state index contributed by atoms with van der Waals surface area (Å²) in [6.45, 7) is 0. The average molecular weight is 286 g/mol. The van der Waals surface area contributed by atoms with Gasteiger partial charge in [0.25, 0.3) is 11.7 Å². The fourth-order valence-corrected chi connectivity index (χ4v) is 2.69. The van der Waals surface area contributed by atoms with Crippen LogP contribution in [0.15, 0.2) is 41.6 Å². The van der Waals surface area contributed by atoms with Gasteiger partial charge in [-0.2, -0.15) is 0 Å². The number of H-pyrrole nitrogens is 1. The van der Waals surface area contributed by atoms with Crippen molar-refractivity contribution in [2.24, 2.45) is 0 Å². The molecule has 0 saturated heterocycles. The van der Waals surface area contributed by atoms with Crippen molar-refractivity contribution in [2.75, 3.05) is 0 Å². The Hall–Kier alpha value is -2.34. The maximum Gasteiger partial charge on any atom is 0.296 e. The summed E-state index contributed by atoms with van der Waals surface area (Å²) < 4.78 is 0. The second kappa shape index (κ2) is 4.97. The fraction of sp³-hybridized carbons (Fsp3) is 0.0714. The van der Waals surface area contributed by atoms with Gasteiger partial charge in [-0.3, -0.25) is 14.4 Å². The van der Waals surface area contributed by atoms with E-state index in [2.05, 4.69) is 10.3 Å². The monoisotopic (exact) mass is 286 g/mol. The SMILES string of the molecule is O=C1CC(NC(=O)C(=O)c2c[nH]c3ccccc23)=CS1. The van der Waals surface area contributed by atoms with Crippen molar-refractivity contribution in [3.8, 4) is 0 Å². The van der Waals surface area contributed by atoms with Gasteiger partial charge < -0.3 is 10.3 Å². The van der Waals surface area contributed by atoms with Crippen molar-refractivity contribution in [3.63, 3.8) is 0 Å². The van der Waals surface area contributed by atoms with Crippen LogP contribution in [0, 0.1) is 0 Å². The second-order valence-electron chi connectivity index (χ2n) is 4.34. The number of ketones is 1. The number of aromatic amines is 1. The van der Waals surface area contributed by atoms with E-state index in [1.165, 1.54) is 6.20 Å². The molecular formula is C14H10N2O3S. The average Bonchev–Trinajstić information content (AvgIpc) is 3.04. The predicted molar refractivity (Wildman–Crippen MR) is 76.1 cm³/mol. The van der Waals surface area contributed by atoms with Gasteiger partial charge >= 0.3 is 0 Å². The van der Waals surface area contributed by atoms with Crippen LogP contribution < -0.4 is 5.32 Å². The number of hydrogen-bond acceptors (Lipinski definition) is 4. The highest BCUT2D eigenvalue weighted by Gasteiger charge is 2.23. The van der Waals surface area contributed by atoms with E-state index in [-0.39, 0.29) is 11.5 Å². The molecule has 20 heavy (non-hydrogen) atoms. The quantitative estimate of drug-likeness (QED) is 0.668. The molecule has 3 rings (SSSR count). The summed E-state index contributed by atoms with van der Waals surface area (Å²) >= 11 is 1.03. The van der Waals surface area contributed by atoms with Gasteiger partial charge in [-0.05, 0) is 11.5 Å². The first-order chi connectivity index (χ1) is 9.65. The molecule has 0 unspecified atom stereocenters. The molecule has 0 saturated carbocycles. The lowest BCUT2D eigenvalue weighted by Gasteiger charge is -2.03. The molecule has 0 atom stereocenters. The highest BCUT2D eigenvalue weighted by atomic mass is 32.2. The molecule has 2 N–H and O–H groups in total. The molecule has 1 aromatic carbocycles. The standard InChI is InChI=1S/C14H10N2O3S/c17-12-5-8(7-20-12)16-14(19)13(18)10-6-15-11-4-2-1-3-9(10)11/h1-4,6-7,15H,5H2,(H,16,19). The van der Waals surface area contributed by atoms with Crippen molar-refractivity contribution in [3.05, 3.63) is 47.1 Å². The van der Waals surface area contributed by atoms with Crippen molar-refractivity contribution in [1.82, 2.24) is 10.3 Å². The lowest BCUT2D eigenvalue weighted by Crippen LogP contribution is -2.30. The van der Waals surface area contributed by atoms with E-state index >= 15 is 0 Å². The molecule has 2 heterocycles. The largest absolute Gasteiger partial charge is 0.360 e. The molecule has 0 bridgehead atoms. The Morgan fingerprint density at radius 2 is 2.05 bits per heavy atom. The number of rotatable bonds is 3. The zero-order valence-electron chi connectivity index (χ0n) is 10.3. The summed E-state index contributed by atoms with van der Waals surface area (Å²) in [6.07, 6.45) is 1.67. The first-order valence-electron chi connectivity index (χ1n) is 5.95. The highest BCUT2D eigenvalue weighted by molar-refractivity contribution is 8.16. The lowest BCUT2D eigenvalue weighted by atomic mass is 10.1. The van der Waals surface area contributed by atoms with E-state index in [0.29, 0.717) is 16.6 Å². The number of para-hydroxylation sites is 1. The van der Waals surface area contributed by atoms with Gasteiger partial charge in [0.1, 0.15) is 0 Å². The molecule has 5 nitrogen and oxygen atoms in total. The molecule has 1 aliphatic rings. The third-order valence-corrected chi connectivity index (χ3v) is 3.79. The van der Waals surface area contributed by atoms with Crippen LogP contribution in [0.1, 0.15) is 16.8 Å². The zero-order valence-corrected chi connectivity index (χ0v) is 11.1. The summed E-state index contributed by atoms with van der Waals surface area (Å²) in [5.74, 6) is -1.34. The minimum Gasteiger partial charge on any atom is -0.360 e. The molecule has 6 heteroatoms. The van der Waals surface area contributed by atoms with E-state index < -0.39 is 11.7 Å². The molecule has 2 aromatic rings. The van der Waals surface area contributed by atoms with Crippen LogP contribution in [0.4, 0.5) is 0 Å². The number of aromatic nitrogens is 1. The minimum absolute atomic E-state index is 0.0418. The maximum absolute atomic E-state index is 12.1. The minimum atomic E-state index is -0.726. The Morgan fingerprint density at radius 3 is 2.80 bits per heavy atom. The van der Waals surface area contributed by atoms with E-state index in [1.807, 2.05) is 12.1 Å². The molecule has 0 aliphatic carbocycles. The number of Topliss-reactive ketones (excluding diaryl/α,β-unsaturated/α-hetero) is 1. The van der Waals surface area contributed by atoms with Crippen molar-refractivity contribution >= 4 is 39.5 Å². The zero-order chi connectivity index (χ0) is 14.1. The summed E-state index contributed by atoms with van der Waals surface area (Å²) in [6, 6.07) is 7.26. The molecule has 1 aromatic heterocycles. The molecule has 0 spiro atoms.